The van der Waals surface area contributed by atoms with Gasteiger partial charge in [-0.25, -0.2) is 0 Å². The number of carbonyl (C=O) groups excluding carboxylic acids is 1. The summed E-state index contributed by atoms with van der Waals surface area (Å²) >= 11 is 0. The molecule has 1 aliphatic rings. The molecule has 19 heavy (non-hydrogen) atoms. The number of amides is 1. The van der Waals surface area contributed by atoms with Crippen LogP contribution in [0.4, 0.5) is 0 Å². The van der Waals surface area contributed by atoms with Gasteiger partial charge in [0.05, 0.1) is 5.92 Å². The number of carboxylic acids is 1. The van der Waals surface area contributed by atoms with Crippen LogP contribution in [0, 0.1) is 11.8 Å². The lowest BCUT2D eigenvalue weighted by Gasteiger charge is -2.26. The summed E-state index contributed by atoms with van der Waals surface area (Å²) < 4.78 is 1.54. The lowest BCUT2D eigenvalue weighted by atomic mass is 9.82. The van der Waals surface area contributed by atoms with Crippen LogP contribution in [0.25, 0.3) is 0 Å². The highest BCUT2D eigenvalue weighted by molar-refractivity contribution is 5.92. The summed E-state index contributed by atoms with van der Waals surface area (Å²) in [6.07, 6.45) is 4.74. The molecule has 1 aliphatic carbocycles. The standard InChI is InChI=1S/C13H19N3O3/c1-16-11(6-7-15-16)12(17)14-8-9-2-4-10(5-3-9)13(18)19/h6-7,9-10H,2-5,8H2,1H3,(H,14,17)(H,18,19). The number of nitrogens with one attached hydrogen (secondary N) is 1. The first-order chi connectivity index (χ1) is 9.08. The van der Waals surface area contributed by atoms with Crippen molar-refractivity contribution in [1.29, 1.82) is 0 Å². The molecule has 0 aliphatic heterocycles. The summed E-state index contributed by atoms with van der Waals surface area (Å²) in [7, 11) is 1.73. The summed E-state index contributed by atoms with van der Waals surface area (Å²) in [5.41, 5.74) is 0.541. The number of carbonyl (C=O) groups is 2. The normalized spacial score (nSPS) is 23.0. The quantitative estimate of drug-likeness (QED) is 0.852. The van der Waals surface area contributed by atoms with E-state index < -0.39 is 5.97 Å². The number of aromatic nitrogens is 2. The lowest BCUT2D eigenvalue weighted by molar-refractivity contribution is -0.143. The Kier molecular flexibility index (Phi) is 4.19. The Morgan fingerprint density at radius 2 is 2.11 bits per heavy atom. The molecule has 1 aromatic rings. The Morgan fingerprint density at radius 1 is 1.42 bits per heavy atom. The number of carboxylic acid groups (broad SMARTS) is 1. The maximum absolute atomic E-state index is 11.9. The van der Waals surface area contributed by atoms with Crippen LogP contribution in [0.2, 0.25) is 0 Å². The first kappa shape index (κ1) is 13.6. The van der Waals surface area contributed by atoms with Crippen LogP contribution in [0.5, 0.6) is 0 Å². The van der Waals surface area contributed by atoms with Crippen LogP contribution < -0.4 is 5.32 Å². The molecule has 2 N–H and O–H groups in total. The number of aryl methyl sites for hydroxylation is 1. The molecule has 0 atom stereocenters. The van der Waals surface area contributed by atoms with Crippen molar-refractivity contribution in [2.75, 3.05) is 6.54 Å². The molecule has 1 aromatic heterocycles. The highest BCUT2D eigenvalue weighted by atomic mass is 16.4. The van der Waals surface area contributed by atoms with E-state index in [-0.39, 0.29) is 11.8 Å². The van der Waals surface area contributed by atoms with Crippen LogP contribution in [0.15, 0.2) is 12.3 Å². The zero-order chi connectivity index (χ0) is 13.8. The van der Waals surface area contributed by atoms with Crippen molar-refractivity contribution in [3.63, 3.8) is 0 Å². The molecular weight excluding hydrogens is 246 g/mol. The van der Waals surface area contributed by atoms with Gasteiger partial charge in [-0.3, -0.25) is 14.3 Å². The van der Waals surface area contributed by atoms with Crippen molar-refractivity contribution in [1.82, 2.24) is 15.1 Å². The molecule has 0 spiro atoms. The SMILES string of the molecule is Cn1nccc1C(=O)NCC1CCC(C(=O)O)CC1. The molecule has 104 valence electrons. The van der Waals surface area contributed by atoms with E-state index in [2.05, 4.69) is 10.4 Å². The van der Waals surface area contributed by atoms with Gasteiger partial charge >= 0.3 is 5.97 Å². The average molecular weight is 265 g/mol. The Morgan fingerprint density at radius 3 is 2.63 bits per heavy atom. The van der Waals surface area contributed by atoms with E-state index in [1.54, 1.807) is 19.3 Å². The number of hydrogen-bond acceptors (Lipinski definition) is 3. The van der Waals surface area contributed by atoms with Crippen LogP contribution in [0.3, 0.4) is 0 Å². The molecule has 0 bridgehead atoms. The van der Waals surface area contributed by atoms with E-state index in [1.807, 2.05) is 0 Å². The molecule has 6 heteroatoms. The Labute approximate surface area is 111 Å². The Hall–Kier alpha value is -1.85. The fourth-order valence-electron chi connectivity index (χ4n) is 2.54. The van der Waals surface area contributed by atoms with Crippen molar-refractivity contribution in [2.45, 2.75) is 25.7 Å². The van der Waals surface area contributed by atoms with Gasteiger partial charge < -0.3 is 10.4 Å². The molecule has 0 aromatic carbocycles. The molecule has 1 amide bonds. The van der Waals surface area contributed by atoms with Crippen molar-refractivity contribution in [3.8, 4) is 0 Å². The topological polar surface area (TPSA) is 84.2 Å². The molecule has 1 saturated carbocycles. The van der Waals surface area contributed by atoms with Gasteiger partial charge in [0.1, 0.15) is 5.69 Å². The largest absolute Gasteiger partial charge is 0.481 e. The summed E-state index contributed by atoms with van der Waals surface area (Å²) in [6, 6.07) is 1.68. The third-order valence-electron chi connectivity index (χ3n) is 3.80. The number of nitrogens with zero attached hydrogens (tertiary/aromatic N) is 2. The minimum absolute atomic E-state index is 0.125. The highest BCUT2D eigenvalue weighted by Crippen LogP contribution is 2.28. The predicted octanol–water partition coefficient (Wildman–Crippen LogP) is 1.04. The Bertz CT molecular complexity index is 461. The third-order valence-corrected chi connectivity index (χ3v) is 3.80. The highest BCUT2D eigenvalue weighted by Gasteiger charge is 2.26. The van der Waals surface area contributed by atoms with Crippen LogP contribution in [-0.2, 0) is 11.8 Å². The maximum atomic E-state index is 11.9. The monoisotopic (exact) mass is 265 g/mol. The minimum atomic E-state index is -0.697. The zero-order valence-corrected chi connectivity index (χ0v) is 11.0. The molecule has 6 nitrogen and oxygen atoms in total. The smallest absolute Gasteiger partial charge is 0.306 e. The van der Waals surface area contributed by atoms with E-state index >= 15 is 0 Å². The van der Waals surface area contributed by atoms with Crippen LogP contribution in [0.1, 0.15) is 36.2 Å². The van der Waals surface area contributed by atoms with Crippen molar-refractivity contribution in [2.24, 2.45) is 18.9 Å². The second-order valence-corrected chi connectivity index (χ2v) is 5.11. The average Bonchev–Trinajstić information content (AvgIpc) is 2.83. The van der Waals surface area contributed by atoms with Gasteiger partial charge in [0.15, 0.2) is 0 Å². The van der Waals surface area contributed by atoms with Crippen LogP contribution >= 0.6 is 0 Å². The van der Waals surface area contributed by atoms with Gasteiger partial charge in [0.25, 0.3) is 5.91 Å². The van der Waals surface area contributed by atoms with E-state index in [9.17, 15) is 9.59 Å². The van der Waals surface area contributed by atoms with Gasteiger partial charge in [-0.2, -0.15) is 5.10 Å². The second-order valence-electron chi connectivity index (χ2n) is 5.11. The van der Waals surface area contributed by atoms with E-state index in [4.69, 9.17) is 5.11 Å². The lowest BCUT2D eigenvalue weighted by Crippen LogP contribution is -2.33. The molecule has 2 rings (SSSR count). The number of rotatable bonds is 4. The van der Waals surface area contributed by atoms with Crippen molar-refractivity contribution in [3.05, 3.63) is 18.0 Å². The summed E-state index contributed by atoms with van der Waals surface area (Å²) in [5.74, 6) is -0.644. The van der Waals surface area contributed by atoms with E-state index in [0.29, 0.717) is 31.0 Å². The second kappa shape index (κ2) is 5.86. The first-order valence-electron chi connectivity index (χ1n) is 6.57. The van der Waals surface area contributed by atoms with Crippen LogP contribution in [-0.4, -0.2) is 33.3 Å². The molecule has 1 heterocycles. The first-order valence-corrected chi connectivity index (χ1v) is 6.57. The zero-order valence-electron chi connectivity index (χ0n) is 11.0. The van der Waals surface area contributed by atoms with Gasteiger partial charge in [-0.1, -0.05) is 0 Å². The minimum Gasteiger partial charge on any atom is -0.481 e. The van der Waals surface area contributed by atoms with Gasteiger partial charge in [0, 0.05) is 19.8 Å². The van der Waals surface area contributed by atoms with Crippen molar-refractivity contribution >= 4 is 11.9 Å². The molecule has 1 fully saturated rings. The predicted molar refractivity (Wildman–Crippen MR) is 68.6 cm³/mol. The molecule has 0 unspecified atom stereocenters. The molecule has 0 radical (unpaired) electrons. The van der Waals surface area contributed by atoms with E-state index in [1.165, 1.54) is 4.68 Å². The van der Waals surface area contributed by atoms with E-state index in [0.717, 1.165) is 12.8 Å². The number of hydrogen-bond donors (Lipinski definition) is 2. The van der Waals surface area contributed by atoms with Gasteiger partial charge in [-0.05, 0) is 37.7 Å². The summed E-state index contributed by atoms with van der Waals surface area (Å²) in [5, 5.41) is 15.8. The van der Waals surface area contributed by atoms with Crippen molar-refractivity contribution < 1.29 is 14.7 Å². The summed E-state index contributed by atoms with van der Waals surface area (Å²) in [4.78, 5) is 22.7. The fourth-order valence-corrected chi connectivity index (χ4v) is 2.54. The maximum Gasteiger partial charge on any atom is 0.306 e. The molecular formula is C13H19N3O3. The Balaban J connectivity index is 1.77. The van der Waals surface area contributed by atoms with Gasteiger partial charge in [0.2, 0.25) is 0 Å². The number of aliphatic carboxylic acids is 1. The third kappa shape index (κ3) is 3.33. The molecule has 0 saturated heterocycles. The summed E-state index contributed by atoms with van der Waals surface area (Å²) in [6.45, 7) is 0.607. The van der Waals surface area contributed by atoms with Gasteiger partial charge in [-0.15, -0.1) is 0 Å². The fraction of sp³-hybridized carbons (Fsp3) is 0.615.